The zero-order chi connectivity index (χ0) is 25.5. The van der Waals surface area contributed by atoms with Crippen LogP contribution in [0.5, 0.6) is 5.75 Å². The second kappa shape index (κ2) is 11.7. The summed E-state index contributed by atoms with van der Waals surface area (Å²) in [4.78, 5) is 32.2. The lowest BCUT2D eigenvalue weighted by Gasteiger charge is -2.26. The lowest BCUT2D eigenvalue weighted by Crippen LogP contribution is -2.36. The third-order valence-corrected chi connectivity index (χ3v) is 7.28. The summed E-state index contributed by atoms with van der Waals surface area (Å²) in [5.41, 5.74) is 3.26. The Hall–Kier alpha value is -3.90. The molecule has 1 aliphatic heterocycles. The van der Waals surface area contributed by atoms with E-state index < -0.39 is 0 Å². The number of rotatable bonds is 8. The Morgan fingerprint density at radius 1 is 1.28 bits per heavy atom. The van der Waals surface area contributed by atoms with Crippen molar-refractivity contribution < 1.29 is 19.1 Å². The van der Waals surface area contributed by atoms with Crippen LogP contribution in [0.2, 0.25) is 0 Å². The summed E-state index contributed by atoms with van der Waals surface area (Å²) in [5.74, 6) is 0.569. The number of nitrogens with one attached hydrogen (secondary N) is 1. The molecule has 0 spiro atoms. The molecule has 8 nitrogen and oxygen atoms in total. The molecular formula is C27H28N4O4S. The van der Waals surface area contributed by atoms with Gasteiger partial charge in [-0.1, -0.05) is 25.1 Å². The first-order valence-corrected chi connectivity index (χ1v) is 12.6. The summed E-state index contributed by atoms with van der Waals surface area (Å²) in [6, 6.07) is 15.5. The number of hydrogen-bond acceptors (Lipinski definition) is 7. The Kier molecular flexibility index (Phi) is 8.18. The Morgan fingerprint density at radius 3 is 2.89 bits per heavy atom. The number of thiophene rings is 1. The molecule has 3 heterocycles. The summed E-state index contributed by atoms with van der Waals surface area (Å²) in [6.07, 6.45) is 2.69. The van der Waals surface area contributed by atoms with Crippen molar-refractivity contribution in [2.24, 2.45) is 0 Å². The minimum Gasteiger partial charge on any atom is -0.497 e. The van der Waals surface area contributed by atoms with Crippen LogP contribution in [0, 0.1) is 11.3 Å². The molecule has 9 heteroatoms. The molecule has 186 valence electrons. The number of carbonyl (C=O) groups is 2. The van der Waals surface area contributed by atoms with Crippen molar-refractivity contribution in [2.75, 3.05) is 25.6 Å². The number of carbonyl (C=O) groups excluding carboxylic acids is 2. The van der Waals surface area contributed by atoms with E-state index in [1.165, 1.54) is 11.3 Å². The number of amides is 2. The monoisotopic (exact) mass is 504 g/mol. The Morgan fingerprint density at radius 2 is 2.14 bits per heavy atom. The van der Waals surface area contributed by atoms with Gasteiger partial charge in [-0.15, -0.1) is 11.3 Å². The molecule has 0 saturated carbocycles. The van der Waals surface area contributed by atoms with E-state index in [9.17, 15) is 14.9 Å². The summed E-state index contributed by atoms with van der Waals surface area (Å²) in [7, 11) is 1.61. The number of ether oxygens (including phenoxy) is 2. The summed E-state index contributed by atoms with van der Waals surface area (Å²) in [5, 5.41) is 13.2. The average Bonchev–Trinajstić information content (AvgIpc) is 3.25. The van der Waals surface area contributed by atoms with Gasteiger partial charge < -0.3 is 19.7 Å². The number of hydrogen-bond donors (Lipinski definition) is 1. The van der Waals surface area contributed by atoms with Crippen molar-refractivity contribution in [3.05, 3.63) is 75.9 Å². The maximum absolute atomic E-state index is 12.8. The molecule has 0 saturated heterocycles. The highest BCUT2D eigenvalue weighted by Gasteiger charge is 2.28. The van der Waals surface area contributed by atoms with Crippen LogP contribution in [-0.2, 0) is 28.9 Å². The van der Waals surface area contributed by atoms with Gasteiger partial charge in [0.25, 0.3) is 0 Å². The van der Waals surface area contributed by atoms with Gasteiger partial charge in [0, 0.05) is 36.2 Å². The second-order valence-electron chi connectivity index (χ2n) is 8.61. The highest BCUT2D eigenvalue weighted by atomic mass is 32.1. The van der Waals surface area contributed by atoms with E-state index in [-0.39, 0.29) is 30.9 Å². The van der Waals surface area contributed by atoms with Gasteiger partial charge in [0.05, 0.1) is 25.8 Å². The molecule has 3 aromatic rings. The molecule has 36 heavy (non-hydrogen) atoms. The van der Waals surface area contributed by atoms with Crippen molar-refractivity contribution in [1.29, 1.82) is 5.26 Å². The van der Waals surface area contributed by atoms with Gasteiger partial charge in [0.15, 0.2) is 0 Å². The van der Waals surface area contributed by atoms with Crippen LogP contribution in [0.25, 0.3) is 0 Å². The molecule has 2 amide bonds. The van der Waals surface area contributed by atoms with Gasteiger partial charge in [0.2, 0.25) is 5.91 Å². The molecule has 1 aliphatic rings. The Balaban J connectivity index is 1.35. The predicted octanol–water partition coefficient (Wildman–Crippen LogP) is 4.89. The number of fused-ring (bicyclic) bond motifs is 1. The Labute approximate surface area is 214 Å². The van der Waals surface area contributed by atoms with Crippen LogP contribution in [0.15, 0.2) is 48.7 Å². The first-order valence-electron chi connectivity index (χ1n) is 11.8. The maximum atomic E-state index is 12.8. The molecule has 1 atom stereocenters. The zero-order valence-corrected chi connectivity index (χ0v) is 21.1. The fourth-order valence-corrected chi connectivity index (χ4v) is 5.40. The molecule has 2 aromatic heterocycles. The topological polar surface area (TPSA) is 105 Å². The van der Waals surface area contributed by atoms with Crippen LogP contribution in [-0.4, -0.2) is 42.1 Å². The largest absolute Gasteiger partial charge is 0.497 e. The maximum Gasteiger partial charge on any atom is 0.410 e. The predicted molar refractivity (Wildman–Crippen MR) is 137 cm³/mol. The lowest BCUT2D eigenvalue weighted by atomic mass is 9.97. The summed E-state index contributed by atoms with van der Waals surface area (Å²) < 4.78 is 10.7. The van der Waals surface area contributed by atoms with E-state index in [0.717, 1.165) is 27.4 Å². The molecule has 1 N–H and O–H groups in total. The van der Waals surface area contributed by atoms with E-state index in [0.29, 0.717) is 36.5 Å². The smallest absolute Gasteiger partial charge is 0.410 e. The van der Waals surface area contributed by atoms with E-state index in [1.807, 2.05) is 49.4 Å². The highest BCUT2D eigenvalue weighted by molar-refractivity contribution is 7.16. The molecule has 1 unspecified atom stereocenters. The van der Waals surface area contributed by atoms with Crippen molar-refractivity contribution >= 4 is 28.3 Å². The number of anilines is 1. The van der Waals surface area contributed by atoms with Gasteiger partial charge in [-0.2, -0.15) is 5.26 Å². The fourth-order valence-electron chi connectivity index (χ4n) is 4.17. The van der Waals surface area contributed by atoms with E-state index in [2.05, 4.69) is 16.4 Å². The number of nitriles is 1. The molecule has 4 rings (SSSR count). The first kappa shape index (κ1) is 25.2. The third-order valence-electron chi connectivity index (χ3n) is 6.14. The van der Waals surface area contributed by atoms with Crippen molar-refractivity contribution in [3.63, 3.8) is 0 Å². The molecule has 1 aromatic carbocycles. The first-order chi connectivity index (χ1) is 17.5. The SMILES string of the molecule is COc1cccc(C(C)CC(=O)Nc2sc3c(c2C#N)CCN(C(=O)OCCc2ccccn2)C3)c1. The number of pyridine rings is 1. The van der Waals surface area contributed by atoms with Crippen LogP contribution >= 0.6 is 11.3 Å². The highest BCUT2D eigenvalue weighted by Crippen LogP contribution is 2.37. The van der Waals surface area contributed by atoms with Crippen molar-refractivity contribution in [2.45, 2.75) is 38.6 Å². The van der Waals surface area contributed by atoms with Gasteiger partial charge in [-0.3, -0.25) is 9.78 Å². The number of benzene rings is 1. The fraction of sp³-hybridized carbons (Fsp3) is 0.333. The lowest BCUT2D eigenvalue weighted by molar-refractivity contribution is -0.116. The minimum absolute atomic E-state index is 0.0171. The normalized spacial score (nSPS) is 13.3. The van der Waals surface area contributed by atoms with Gasteiger partial charge in [-0.25, -0.2) is 4.79 Å². The molecule has 0 radical (unpaired) electrons. The van der Waals surface area contributed by atoms with Crippen molar-refractivity contribution in [1.82, 2.24) is 9.88 Å². The van der Waals surface area contributed by atoms with E-state index >= 15 is 0 Å². The van der Waals surface area contributed by atoms with Crippen LogP contribution in [0.3, 0.4) is 0 Å². The van der Waals surface area contributed by atoms with Crippen LogP contribution in [0.4, 0.5) is 9.80 Å². The Bertz CT molecular complexity index is 1270. The van der Waals surface area contributed by atoms with E-state index in [1.54, 1.807) is 18.2 Å². The standard InChI is InChI=1S/C27H28N4O4S/c1-18(19-6-5-8-21(15-19)34-2)14-25(32)30-26-23(16-28)22-9-12-31(17-24(22)36-26)27(33)35-13-10-20-7-3-4-11-29-20/h3-8,11,15,18H,9-10,12-14,17H2,1-2H3,(H,30,32). The zero-order valence-electron chi connectivity index (χ0n) is 20.3. The van der Waals surface area contributed by atoms with Crippen LogP contribution in [0.1, 0.15) is 46.5 Å². The number of nitrogens with zero attached hydrogens (tertiary/aromatic N) is 3. The van der Waals surface area contributed by atoms with Gasteiger partial charge in [0.1, 0.15) is 16.8 Å². The van der Waals surface area contributed by atoms with E-state index in [4.69, 9.17) is 9.47 Å². The molecule has 0 aliphatic carbocycles. The number of methoxy groups -OCH3 is 1. The summed E-state index contributed by atoms with van der Waals surface area (Å²) >= 11 is 1.35. The van der Waals surface area contributed by atoms with Gasteiger partial charge in [-0.05, 0) is 47.7 Å². The van der Waals surface area contributed by atoms with Gasteiger partial charge >= 0.3 is 6.09 Å². The molecular weight excluding hydrogens is 476 g/mol. The van der Waals surface area contributed by atoms with Crippen molar-refractivity contribution in [3.8, 4) is 11.8 Å². The molecule has 0 fully saturated rings. The summed E-state index contributed by atoms with van der Waals surface area (Å²) in [6.45, 7) is 3.05. The average molecular weight is 505 g/mol. The molecule has 0 bridgehead atoms. The quantitative estimate of drug-likeness (QED) is 0.468. The third kappa shape index (κ3) is 6.01. The second-order valence-corrected chi connectivity index (χ2v) is 9.71. The minimum atomic E-state index is -0.388. The number of aromatic nitrogens is 1. The van der Waals surface area contributed by atoms with Crippen LogP contribution < -0.4 is 10.1 Å².